The van der Waals surface area contributed by atoms with E-state index in [1.165, 1.54) is 0 Å². The number of pyridine rings is 1. The van der Waals surface area contributed by atoms with Crippen LogP contribution >= 0.6 is 11.3 Å². The number of hydrogen-bond donors (Lipinski definition) is 1. The van der Waals surface area contributed by atoms with Crippen molar-refractivity contribution in [2.24, 2.45) is 0 Å². The number of rotatable bonds is 1. The summed E-state index contributed by atoms with van der Waals surface area (Å²) in [6.07, 6.45) is 1.75. The Labute approximate surface area is 102 Å². The average molecular weight is 242 g/mol. The molecule has 0 aromatic carbocycles. The van der Waals surface area contributed by atoms with E-state index in [1.807, 2.05) is 24.4 Å². The molecule has 84 valence electrons. The molecule has 0 fully saturated rings. The molecule has 0 saturated heterocycles. The fourth-order valence-corrected chi connectivity index (χ4v) is 2.56. The highest BCUT2D eigenvalue weighted by Gasteiger charge is 2.09. The van der Waals surface area contributed by atoms with Crippen molar-refractivity contribution >= 4 is 27.4 Å². The zero-order chi connectivity index (χ0) is 11.8. The summed E-state index contributed by atoms with van der Waals surface area (Å²) in [6.45, 7) is 1.89. The summed E-state index contributed by atoms with van der Waals surface area (Å²) < 4.78 is 1.09. The quantitative estimate of drug-likeness (QED) is 0.712. The Bertz CT molecular complexity index is 673. The van der Waals surface area contributed by atoms with Gasteiger partial charge in [-0.25, -0.2) is 15.0 Å². The minimum absolute atomic E-state index is 0.516. The van der Waals surface area contributed by atoms with E-state index in [2.05, 4.69) is 15.0 Å². The van der Waals surface area contributed by atoms with Crippen LogP contribution in [0, 0.1) is 6.92 Å². The van der Waals surface area contributed by atoms with Crippen LogP contribution in [0.4, 0.5) is 5.82 Å². The van der Waals surface area contributed by atoms with E-state index < -0.39 is 0 Å². The highest BCUT2D eigenvalue weighted by molar-refractivity contribution is 7.17. The number of aromatic nitrogens is 3. The molecule has 0 bridgehead atoms. The largest absolute Gasteiger partial charge is 0.384 e. The van der Waals surface area contributed by atoms with Gasteiger partial charge in [0.25, 0.3) is 0 Å². The summed E-state index contributed by atoms with van der Waals surface area (Å²) in [7, 11) is 0. The molecule has 0 atom stereocenters. The van der Waals surface area contributed by atoms with Crippen molar-refractivity contribution in [3.63, 3.8) is 0 Å². The van der Waals surface area contributed by atoms with Crippen molar-refractivity contribution < 1.29 is 0 Å². The second kappa shape index (κ2) is 3.78. The van der Waals surface area contributed by atoms with Crippen molar-refractivity contribution in [3.8, 4) is 11.3 Å². The van der Waals surface area contributed by atoms with Crippen molar-refractivity contribution in [1.29, 1.82) is 0 Å². The molecule has 3 aromatic rings. The molecular weight excluding hydrogens is 232 g/mol. The van der Waals surface area contributed by atoms with Gasteiger partial charge in [-0.1, -0.05) is 0 Å². The topological polar surface area (TPSA) is 64.7 Å². The smallest absolute Gasteiger partial charge is 0.126 e. The lowest BCUT2D eigenvalue weighted by atomic mass is 10.2. The standard InChI is InChI=1S/C12H10N4S/c1-7-15-9-4-5-17-12(9)11(16-7)8-2-3-10(13)14-6-8/h2-6H,1H3,(H2,13,14). The Morgan fingerprint density at radius 1 is 1.18 bits per heavy atom. The number of nitrogens with two attached hydrogens (primary N) is 1. The van der Waals surface area contributed by atoms with Crippen LogP contribution in [0.5, 0.6) is 0 Å². The number of anilines is 1. The molecule has 2 N–H and O–H groups in total. The van der Waals surface area contributed by atoms with Gasteiger partial charge >= 0.3 is 0 Å². The minimum atomic E-state index is 0.516. The number of aryl methyl sites for hydroxylation is 1. The van der Waals surface area contributed by atoms with E-state index >= 15 is 0 Å². The van der Waals surface area contributed by atoms with Gasteiger partial charge in [-0.2, -0.15) is 0 Å². The fraction of sp³-hybridized carbons (Fsp3) is 0.0833. The molecule has 5 heteroatoms. The Balaban J connectivity index is 2.28. The predicted octanol–water partition coefficient (Wildman–Crippen LogP) is 2.64. The number of nitrogens with zero attached hydrogens (tertiary/aromatic N) is 3. The number of hydrogen-bond acceptors (Lipinski definition) is 5. The van der Waals surface area contributed by atoms with Crippen molar-refractivity contribution in [1.82, 2.24) is 15.0 Å². The first kappa shape index (κ1) is 10.2. The van der Waals surface area contributed by atoms with Crippen LogP contribution in [0.25, 0.3) is 21.5 Å². The van der Waals surface area contributed by atoms with Crippen LogP contribution < -0.4 is 5.73 Å². The molecule has 3 rings (SSSR count). The van der Waals surface area contributed by atoms with Crippen LogP contribution in [0.3, 0.4) is 0 Å². The average Bonchev–Trinajstić information content (AvgIpc) is 2.77. The van der Waals surface area contributed by atoms with E-state index in [0.717, 1.165) is 27.3 Å². The van der Waals surface area contributed by atoms with E-state index in [-0.39, 0.29) is 0 Å². The van der Waals surface area contributed by atoms with E-state index in [0.29, 0.717) is 5.82 Å². The lowest BCUT2D eigenvalue weighted by Crippen LogP contribution is -1.93. The number of fused-ring (bicyclic) bond motifs is 1. The number of nitrogen functional groups attached to an aromatic ring is 1. The third kappa shape index (κ3) is 1.74. The molecule has 0 aliphatic carbocycles. The molecule has 0 saturated carbocycles. The van der Waals surface area contributed by atoms with Gasteiger partial charge in [0.05, 0.1) is 15.9 Å². The second-order valence-corrected chi connectivity index (χ2v) is 4.64. The van der Waals surface area contributed by atoms with Crippen LogP contribution in [-0.2, 0) is 0 Å². The Kier molecular flexibility index (Phi) is 2.26. The Morgan fingerprint density at radius 2 is 2.06 bits per heavy atom. The molecule has 17 heavy (non-hydrogen) atoms. The lowest BCUT2D eigenvalue weighted by Gasteiger charge is -2.03. The van der Waals surface area contributed by atoms with Crippen LogP contribution in [-0.4, -0.2) is 15.0 Å². The molecule has 3 aromatic heterocycles. The van der Waals surface area contributed by atoms with Gasteiger partial charge in [0, 0.05) is 11.8 Å². The predicted molar refractivity (Wildman–Crippen MR) is 69.8 cm³/mol. The normalized spacial score (nSPS) is 10.9. The van der Waals surface area contributed by atoms with Gasteiger partial charge in [0.2, 0.25) is 0 Å². The summed E-state index contributed by atoms with van der Waals surface area (Å²) in [5.41, 5.74) is 8.46. The molecular formula is C12H10N4S. The highest BCUT2D eigenvalue weighted by Crippen LogP contribution is 2.29. The lowest BCUT2D eigenvalue weighted by molar-refractivity contribution is 1.10. The van der Waals surface area contributed by atoms with Crippen molar-refractivity contribution in [2.45, 2.75) is 6.92 Å². The maximum absolute atomic E-state index is 5.59. The molecule has 0 aliphatic rings. The van der Waals surface area contributed by atoms with Crippen LogP contribution in [0.15, 0.2) is 29.8 Å². The zero-order valence-corrected chi connectivity index (χ0v) is 10.0. The maximum Gasteiger partial charge on any atom is 0.126 e. The molecule has 4 nitrogen and oxygen atoms in total. The number of thiophene rings is 1. The van der Waals surface area contributed by atoms with Gasteiger partial charge < -0.3 is 5.73 Å². The van der Waals surface area contributed by atoms with Crippen LogP contribution in [0.2, 0.25) is 0 Å². The minimum Gasteiger partial charge on any atom is -0.384 e. The fourth-order valence-electron chi connectivity index (χ4n) is 1.72. The van der Waals surface area contributed by atoms with E-state index in [9.17, 15) is 0 Å². The van der Waals surface area contributed by atoms with Crippen molar-refractivity contribution in [2.75, 3.05) is 5.73 Å². The monoisotopic (exact) mass is 242 g/mol. The van der Waals surface area contributed by atoms with Crippen molar-refractivity contribution in [3.05, 3.63) is 35.6 Å². The summed E-state index contributed by atoms with van der Waals surface area (Å²) in [5.74, 6) is 1.28. The van der Waals surface area contributed by atoms with E-state index in [4.69, 9.17) is 5.73 Å². The molecule has 0 aliphatic heterocycles. The third-order valence-corrected chi connectivity index (χ3v) is 3.39. The molecule has 0 amide bonds. The maximum atomic E-state index is 5.59. The SMILES string of the molecule is Cc1nc(-c2ccc(N)nc2)c2sccc2n1. The van der Waals surface area contributed by atoms with Gasteiger partial charge in [-0.15, -0.1) is 11.3 Å². The molecule has 0 spiro atoms. The summed E-state index contributed by atoms with van der Waals surface area (Å²) in [6, 6.07) is 5.72. The summed E-state index contributed by atoms with van der Waals surface area (Å²) in [4.78, 5) is 13.0. The third-order valence-electron chi connectivity index (χ3n) is 2.48. The molecule has 0 radical (unpaired) electrons. The van der Waals surface area contributed by atoms with Gasteiger partial charge in [-0.05, 0) is 30.5 Å². The Morgan fingerprint density at radius 3 is 2.82 bits per heavy atom. The first-order valence-corrected chi connectivity index (χ1v) is 6.06. The second-order valence-electron chi connectivity index (χ2n) is 3.73. The zero-order valence-electron chi connectivity index (χ0n) is 9.21. The van der Waals surface area contributed by atoms with Gasteiger partial charge in [0.1, 0.15) is 11.6 Å². The van der Waals surface area contributed by atoms with Gasteiger partial charge in [0.15, 0.2) is 0 Å². The molecule has 0 unspecified atom stereocenters. The Hall–Kier alpha value is -2.01. The first-order valence-electron chi connectivity index (χ1n) is 5.18. The first-order chi connectivity index (χ1) is 8.24. The van der Waals surface area contributed by atoms with Gasteiger partial charge in [-0.3, -0.25) is 0 Å². The summed E-state index contributed by atoms with van der Waals surface area (Å²) in [5, 5.41) is 2.02. The summed E-state index contributed by atoms with van der Waals surface area (Å²) >= 11 is 1.64. The highest BCUT2D eigenvalue weighted by atomic mass is 32.1. The van der Waals surface area contributed by atoms with E-state index in [1.54, 1.807) is 23.6 Å². The molecule has 3 heterocycles. The van der Waals surface area contributed by atoms with Crippen LogP contribution in [0.1, 0.15) is 5.82 Å².